The number of methoxy groups -OCH3 is 1. The lowest BCUT2D eigenvalue weighted by Crippen LogP contribution is -2.45. The molecule has 37 heavy (non-hydrogen) atoms. The number of amides is 3. The molecule has 0 saturated carbocycles. The van der Waals surface area contributed by atoms with Gasteiger partial charge in [-0.05, 0) is 67.4 Å². The van der Waals surface area contributed by atoms with Crippen LogP contribution in [0, 0.1) is 0 Å². The molecule has 3 aromatic carbocycles. The van der Waals surface area contributed by atoms with Gasteiger partial charge in [-0.25, -0.2) is 0 Å². The summed E-state index contributed by atoms with van der Waals surface area (Å²) >= 11 is 0. The Kier molecular flexibility index (Phi) is 10.5. The van der Waals surface area contributed by atoms with Crippen molar-refractivity contribution in [1.82, 2.24) is 10.6 Å². The van der Waals surface area contributed by atoms with Crippen LogP contribution in [0.3, 0.4) is 0 Å². The average Bonchev–Trinajstić information content (AvgIpc) is 2.92. The number of nitrogens with one attached hydrogen (secondary N) is 3. The molecule has 0 saturated heterocycles. The largest absolute Gasteiger partial charge is 0.497 e. The summed E-state index contributed by atoms with van der Waals surface area (Å²) in [6.07, 6.45) is 0.959. The van der Waals surface area contributed by atoms with Gasteiger partial charge >= 0.3 is 0 Å². The molecule has 0 aromatic heterocycles. The molecule has 0 heterocycles. The van der Waals surface area contributed by atoms with Crippen LogP contribution in [0.1, 0.15) is 35.7 Å². The zero-order valence-electron chi connectivity index (χ0n) is 21.2. The Hall–Kier alpha value is -4.33. The van der Waals surface area contributed by atoms with Gasteiger partial charge in [0, 0.05) is 30.6 Å². The predicted molar refractivity (Wildman–Crippen MR) is 143 cm³/mol. The van der Waals surface area contributed by atoms with Crippen molar-refractivity contribution in [3.8, 4) is 11.5 Å². The highest BCUT2D eigenvalue weighted by Crippen LogP contribution is 2.16. The van der Waals surface area contributed by atoms with Crippen LogP contribution in [0.5, 0.6) is 11.5 Å². The van der Waals surface area contributed by atoms with Gasteiger partial charge in [-0.1, -0.05) is 30.3 Å². The number of hydrogen-bond donors (Lipinski definition) is 3. The topological polar surface area (TPSA) is 106 Å². The lowest BCUT2D eigenvalue weighted by atomic mass is 10.0. The van der Waals surface area contributed by atoms with Crippen molar-refractivity contribution in [2.75, 3.05) is 25.6 Å². The summed E-state index contributed by atoms with van der Waals surface area (Å²) < 4.78 is 10.5. The first-order chi connectivity index (χ1) is 18.0. The van der Waals surface area contributed by atoms with Gasteiger partial charge in [-0.2, -0.15) is 0 Å². The predicted octanol–water partition coefficient (Wildman–Crippen LogP) is 3.97. The monoisotopic (exact) mass is 503 g/mol. The fraction of sp³-hybridized carbons (Fsp3) is 0.276. The fourth-order valence-corrected chi connectivity index (χ4v) is 3.65. The highest BCUT2D eigenvalue weighted by atomic mass is 16.5. The van der Waals surface area contributed by atoms with Crippen LogP contribution >= 0.6 is 0 Å². The van der Waals surface area contributed by atoms with Crippen molar-refractivity contribution >= 4 is 23.4 Å². The van der Waals surface area contributed by atoms with Gasteiger partial charge < -0.3 is 25.4 Å². The molecule has 3 N–H and O–H groups in total. The molecule has 0 aliphatic heterocycles. The first kappa shape index (κ1) is 27.3. The third-order valence-electron chi connectivity index (χ3n) is 5.59. The van der Waals surface area contributed by atoms with E-state index in [0.29, 0.717) is 48.7 Å². The maximum absolute atomic E-state index is 13.1. The van der Waals surface area contributed by atoms with Gasteiger partial charge in [-0.3, -0.25) is 14.4 Å². The van der Waals surface area contributed by atoms with Gasteiger partial charge in [0.15, 0.2) is 0 Å². The summed E-state index contributed by atoms with van der Waals surface area (Å²) in [5.41, 5.74) is 2.06. The highest BCUT2D eigenvalue weighted by Gasteiger charge is 2.21. The van der Waals surface area contributed by atoms with Crippen LogP contribution in [0.2, 0.25) is 0 Å². The Bertz CT molecular complexity index is 1150. The summed E-state index contributed by atoms with van der Waals surface area (Å²) in [6.45, 7) is 2.80. The Labute approximate surface area is 217 Å². The maximum atomic E-state index is 13.1. The van der Waals surface area contributed by atoms with Gasteiger partial charge in [0.1, 0.15) is 17.5 Å². The Balaban J connectivity index is 1.52. The minimum atomic E-state index is -0.754. The van der Waals surface area contributed by atoms with E-state index in [1.807, 2.05) is 37.3 Å². The normalized spacial score (nSPS) is 11.2. The molecule has 0 fully saturated rings. The van der Waals surface area contributed by atoms with Crippen LogP contribution in [-0.4, -0.2) is 44.0 Å². The zero-order valence-corrected chi connectivity index (χ0v) is 21.2. The van der Waals surface area contributed by atoms with E-state index in [4.69, 9.17) is 9.47 Å². The van der Waals surface area contributed by atoms with Crippen LogP contribution in [-0.2, 0) is 16.0 Å². The van der Waals surface area contributed by atoms with Crippen LogP contribution in [0.4, 0.5) is 5.69 Å². The Morgan fingerprint density at radius 3 is 2.19 bits per heavy atom. The number of rotatable bonds is 13. The summed E-state index contributed by atoms with van der Waals surface area (Å²) in [6, 6.07) is 22.6. The second-order valence-corrected chi connectivity index (χ2v) is 8.34. The molecule has 8 heteroatoms. The second-order valence-electron chi connectivity index (χ2n) is 8.34. The number of hydrogen-bond acceptors (Lipinski definition) is 5. The Morgan fingerprint density at radius 2 is 1.54 bits per heavy atom. The zero-order chi connectivity index (χ0) is 26.5. The van der Waals surface area contributed by atoms with Gasteiger partial charge in [-0.15, -0.1) is 0 Å². The molecule has 0 aliphatic rings. The van der Waals surface area contributed by atoms with Gasteiger partial charge in [0.05, 0.1) is 13.7 Å². The molecule has 194 valence electrons. The lowest BCUT2D eigenvalue weighted by Gasteiger charge is -2.19. The van der Waals surface area contributed by atoms with Crippen molar-refractivity contribution in [2.24, 2.45) is 0 Å². The molecule has 0 bridgehead atoms. The number of anilines is 1. The number of ether oxygens (including phenoxy) is 2. The van der Waals surface area contributed by atoms with Crippen LogP contribution in [0.15, 0.2) is 78.9 Å². The number of benzene rings is 3. The van der Waals surface area contributed by atoms with E-state index in [1.54, 1.807) is 55.6 Å². The van der Waals surface area contributed by atoms with E-state index in [2.05, 4.69) is 16.0 Å². The molecule has 8 nitrogen and oxygen atoms in total. The molecule has 3 rings (SSSR count). The third kappa shape index (κ3) is 9.00. The van der Waals surface area contributed by atoms with E-state index < -0.39 is 6.04 Å². The molecule has 3 amide bonds. The molecule has 3 aromatic rings. The number of carbonyl (C=O) groups excluding carboxylic acids is 3. The molecule has 0 spiro atoms. The molecule has 1 atom stereocenters. The van der Waals surface area contributed by atoms with Crippen molar-refractivity contribution in [3.05, 3.63) is 90.0 Å². The first-order valence-corrected chi connectivity index (χ1v) is 12.3. The second kappa shape index (κ2) is 14.3. The summed E-state index contributed by atoms with van der Waals surface area (Å²) in [7, 11) is 1.56. The van der Waals surface area contributed by atoms with E-state index in [9.17, 15) is 14.4 Å². The fourth-order valence-electron chi connectivity index (χ4n) is 3.65. The standard InChI is InChI=1S/C29H33N3O5/c1-3-37-25-17-13-23(14-18-25)31-29(35)26(20-21-8-5-4-6-9-21)32-27(33)10-7-19-30-28(34)22-11-15-24(36-2)16-12-22/h4-6,8-9,11-18,26H,3,7,10,19-20H2,1-2H3,(H,30,34)(H,31,35)(H,32,33)/t26-/m1/s1. The minimum Gasteiger partial charge on any atom is -0.497 e. The molecular formula is C29H33N3O5. The molecule has 0 unspecified atom stereocenters. The summed E-state index contributed by atoms with van der Waals surface area (Å²) in [5.74, 6) is 0.592. The van der Waals surface area contributed by atoms with E-state index in [-0.39, 0.29) is 24.1 Å². The van der Waals surface area contributed by atoms with E-state index in [0.717, 1.165) is 5.56 Å². The Morgan fingerprint density at radius 1 is 0.865 bits per heavy atom. The summed E-state index contributed by atoms with van der Waals surface area (Å²) in [4.78, 5) is 38.0. The van der Waals surface area contributed by atoms with Gasteiger partial charge in [0.2, 0.25) is 11.8 Å². The molecular weight excluding hydrogens is 470 g/mol. The third-order valence-corrected chi connectivity index (χ3v) is 5.59. The average molecular weight is 504 g/mol. The molecule has 0 aliphatic carbocycles. The van der Waals surface area contributed by atoms with Gasteiger partial charge in [0.25, 0.3) is 5.91 Å². The van der Waals surface area contributed by atoms with Crippen molar-refractivity contribution in [1.29, 1.82) is 0 Å². The van der Waals surface area contributed by atoms with Crippen LogP contribution < -0.4 is 25.4 Å². The molecule has 0 radical (unpaired) electrons. The van der Waals surface area contributed by atoms with Crippen molar-refractivity contribution < 1.29 is 23.9 Å². The lowest BCUT2D eigenvalue weighted by molar-refractivity contribution is -0.126. The summed E-state index contributed by atoms with van der Waals surface area (Å²) in [5, 5.41) is 8.52. The quantitative estimate of drug-likeness (QED) is 0.306. The van der Waals surface area contributed by atoms with Crippen molar-refractivity contribution in [2.45, 2.75) is 32.2 Å². The first-order valence-electron chi connectivity index (χ1n) is 12.3. The van der Waals surface area contributed by atoms with Crippen molar-refractivity contribution in [3.63, 3.8) is 0 Å². The highest BCUT2D eigenvalue weighted by molar-refractivity contribution is 5.97. The SMILES string of the molecule is CCOc1ccc(NC(=O)[C@@H](Cc2ccccc2)NC(=O)CCCNC(=O)c2ccc(OC)cc2)cc1. The minimum absolute atomic E-state index is 0.171. The maximum Gasteiger partial charge on any atom is 0.251 e. The number of carbonyl (C=O) groups is 3. The van der Waals surface area contributed by atoms with Crippen LogP contribution in [0.25, 0.3) is 0 Å². The van der Waals surface area contributed by atoms with E-state index in [1.165, 1.54) is 0 Å². The smallest absolute Gasteiger partial charge is 0.251 e. The van der Waals surface area contributed by atoms with E-state index >= 15 is 0 Å².